The van der Waals surface area contributed by atoms with Crippen molar-refractivity contribution in [2.75, 3.05) is 25.0 Å². The first-order chi connectivity index (χ1) is 14.3. The number of carbonyl (C=O) groups is 2. The zero-order chi connectivity index (χ0) is 21.6. The van der Waals surface area contributed by atoms with Crippen molar-refractivity contribution in [3.63, 3.8) is 0 Å². The Labute approximate surface area is 178 Å². The molecule has 0 radical (unpaired) electrons. The molecule has 2 aromatic rings. The van der Waals surface area contributed by atoms with E-state index in [1.807, 2.05) is 69.3 Å². The van der Waals surface area contributed by atoms with E-state index in [1.54, 1.807) is 4.90 Å². The summed E-state index contributed by atoms with van der Waals surface area (Å²) in [5, 5.41) is 2.93. The van der Waals surface area contributed by atoms with Crippen molar-refractivity contribution in [2.24, 2.45) is 0 Å². The lowest BCUT2D eigenvalue weighted by atomic mass is 10.1. The number of hydrogen-bond acceptors (Lipinski definition) is 4. The number of para-hydroxylation sites is 1. The van der Waals surface area contributed by atoms with Crippen LogP contribution in [0.15, 0.2) is 60.7 Å². The third-order valence-corrected chi connectivity index (χ3v) is 4.92. The van der Waals surface area contributed by atoms with Crippen molar-refractivity contribution >= 4 is 17.7 Å². The van der Waals surface area contributed by atoms with E-state index >= 15 is 0 Å². The highest BCUT2D eigenvalue weighted by Crippen LogP contribution is 2.20. The summed E-state index contributed by atoms with van der Waals surface area (Å²) in [6.45, 7) is 8.25. The Balaban J connectivity index is 1.69. The molecule has 30 heavy (non-hydrogen) atoms. The number of piperazine rings is 1. The smallest absolute Gasteiger partial charge is 0.410 e. The van der Waals surface area contributed by atoms with E-state index < -0.39 is 5.60 Å². The van der Waals surface area contributed by atoms with E-state index in [9.17, 15) is 9.59 Å². The molecule has 0 aromatic heterocycles. The van der Waals surface area contributed by atoms with Crippen molar-refractivity contribution < 1.29 is 14.3 Å². The molecular weight excluding hydrogens is 378 g/mol. The molecule has 1 N–H and O–H groups in total. The fourth-order valence-corrected chi connectivity index (χ4v) is 3.59. The first-order valence-corrected chi connectivity index (χ1v) is 10.4. The van der Waals surface area contributed by atoms with Gasteiger partial charge >= 0.3 is 6.09 Å². The predicted octanol–water partition coefficient (Wildman–Crippen LogP) is 4.14. The molecule has 2 amide bonds. The second-order valence-electron chi connectivity index (χ2n) is 8.67. The first kappa shape index (κ1) is 21.8. The van der Waals surface area contributed by atoms with Crippen molar-refractivity contribution in [3.8, 4) is 0 Å². The Morgan fingerprint density at radius 2 is 1.63 bits per heavy atom. The third-order valence-electron chi connectivity index (χ3n) is 4.92. The predicted molar refractivity (Wildman–Crippen MR) is 118 cm³/mol. The number of hydrogen-bond donors (Lipinski definition) is 1. The normalized spacial score (nSPS) is 17.4. The Kier molecular flexibility index (Phi) is 7.11. The van der Waals surface area contributed by atoms with Gasteiger partial charge in [0.25, 0.3) is 0 Å². The van der Waals surface area contributed by atoms with Gasteiger partial charge in [-0.25, -0.2) is 4.79 Å². The Bertz CT molecular complexity index is 834. The highest BCUT2D eigenvalue weighted by molar-refractivity contribution is 5.91. The van der Waals surface area contributed by atoms with E-state index in [0.717, 1.165) is 18.8 Å². The number of rotatable bonds is 5. The van der Waals surface area contributed by atoms with Gasteiger partial charge in [-0.3, -0.25) is 9.69 Å². The van der Waals surface area contributed by atoms with Gasteiger partial charge in [-0.05, 0) is 38.5 Å². The van der Waals surface area contributed by atoms with Crippen molar-refractivity contribution in [3.05, 3.63) is 66.2 Å². The Hall–Kier alpha value is -2.86. The molecule has 1 fully saturated rings. The van der Waals surface area contributed by atoms with E-state index in [0.29, 0.717) is 13.1 Å². The number of nitrogens with zero attached hydrogens (tertiary/aromatic N) is 2. The standard InChI is InChI=1S/C24H31N3O3/c1-24(2,3)30-23(29)27-15-14-26(17-19-10-6-4-7-11-19)18-21(27)16-22(28)25-20-12-8-5-9-13-20/h4-13,21H,14-18H2,1-3H3,(H,25,28)/t21-/m1/s1. The van der Waals surface area contributed by atoms with Crippen LogP contribution in [0.2, 0.25) is 0 Å². The van der Waals surface area contributed by atoms with Crippen LogP contribution < -0.4 is 5.32 Å². The lowest BCUT2D eigenvalue weighted by Gasteiger charge is -2.41. The molecule has 2 aromatic carbocycles. The molecule has 6 nitrogen and oxygen atoms in total. The average Bonchev–Trinajstić information content (AvgIpc) is 2.68. The van der Waals surface area contributed by atoms with Crippen molar-refractivity contribution in [2.45, 2.75) is 45.4 Å². The van der Waals surface area contributed by atoms with Gasteiger partial charge < -0.3 is 15.0 Å². The number of amides is 2. The SMILES string of the molecule is CC(C)(C)OC(=O)N1CCN(Cc2ccccc2)C[C@H]1CC(=O)Nc1ccccc1. The van der Waals surface area contributed by atoms with E-state index in [1.165, 1.54) is 5.56 Å². The monoisotopic (exact) mass is 409 g/mol. The molecule has 6 heteroatoms. The summed E-state index contributed by atoms with van der Waals surface area (Å²) in [5.74, 6) is -0.110. The maximum Gasteiger partial charge on any atom is 0.410 e. The van der Waals surface area contributed by atoms with Crippen molar-refractivity contribution in [1.29, 1.82) is 0 Å². The van der Waals surface area contributed by atoms with Crippen LogP contribution >= 0.6 is 0 Å². The topological polar surface area (TPSA) is 61.9 Å². The summed E-state index contributed by atoms with van der Waals surface area (Å²) in [7, 11) is 0. The van der Waals surface area contributed by atoms with Gasteiger partial charge in [0.1, 0.15) is 5.60 Å². The zero-order valence-electron chi connectivity index (χ0n) is 18.0. The first-order valence-electron chi connectivity index (χ1n) is 10.4. The summed E-state index contributed by atoms with van der Waals surface area (Å²) < 4.78 is 5.60. The lowest BCUT2D eigenvalue weighted by Crippen LogP contribution is -2.56. The molecule has 1 aliphatic heterocycles. The third kappa shape index (κ3) is 6.59. The van der Waals surface area contributed by atoms with Crippen LogP contribution in [-0.2, 0) is 16.1 Å². The van der Waals surface area contributed by atoms with Crippen molar-refractivity contribution in [1.82, 2.24) is 9.80 Å². The van der Waals surface area contributed by atoms with Gasteiger partial charge in [-0.2, -0.15) is 0 Å². The number of benzene rings is 2. The second-order valence-corrected chi connectivity index (χ2v) is 8.67. The van der Waals surface area contributed by atoms with Gasteiger partial charge in [0, 0.05) is 38.3 Å². The molecule has 0 unspecified atom stereocenters. The maximum absolute atomic E-state index is 12.8. The van der Waals surface area contributed by atoms with Crippen LogP contribution in [0.1, 0.15) is 32.8 Å². The van der Waals surface area contributed by atoms with Gasteiger partial charge in [-0.15, -0.1) is 0 Å². The number of ether oxygens (including phenoxy) is 1. The molecule has 0 spiro atoms. The van der Waals surface area contributed by atoms with Gasteiger partial charge in [0.05, 0.1) is 6.04 Å². The average molecular weight is 410 g/mol. The minimum Gasteiger partial charge on any atom is -0.444 e. The fourth-order valence-electron chi connectivity index (χ4n) is 3.59. The van der Waals surface area contributed by atoms with Crippen LogP contribution in [0.25, 0.3) is 0 Å². The summed E-state index contributed by atoms with van der Waals surface area (Å²) >= 11 is 0. The van der Waals surface area contributed by atoms with E-state index in [-0.39, 0.29) is 24.5 Å². The Morgan fingerprint density at radius 3 is 2.27 bits per heavy atom. The van der Waals surface area contributed by atoms with Crippen LogP contribution in [0, 0.1) is 0 Å². The minimum absolute atomic E-state index is 0.110. The summed E-state index contributed by atoms with van der Waals surface area (Å²) in [6, 6.07) is 19.4. The molecule has 0 bridgehead atoms. The van der Waals surface area contributed by atoms with Gasteiger partial charge in [0.2, 0.25) is 5.91 Å². The highest BCUT2D eigenvalue weighted by Gasteiger charge is 2.34. The molecule has 1 atom stereocenters. The summed E-state index contributed by atoms with van der Waals surface area (Å²) in [6.07, 6.45) is -0.140. The largest absolute Gasteiger partial charge is 0.444 e. The maximum atomic E-state index is 12.8. The number of carbonyl (C=O) groups excluding carboxylic acids is 2. The molecule has 160 valence electrons. The zero-order valence-corrected chi connectivity index (χ0v) is 18.0. The summed E-state index contributed by atoms with van der Waals surface area (Å²) in [5.41, 5.74) is 1.40. The molecule has 1 saturated heterocycles. The van der Waals surface area contributed by atoms with Gasteiger partial charge in [0.15, 0.2) is 0 Å². The molecule has 0 aliphatic carbocycles. The van der Waals surface area contributed by atoms with E-state index in [2.05, 4.69) is 22.3 Å². The molecule has 1 heterocycles. The van der Waals surface area contributed by atoms with Crippen LogP contribution in [0.3, 0.4) is 0 Å². The van der Waals surface area contributed by atoms with Crippen LogP contribution in [0.5, 0.6) is 0 Å². The lowest BCUT2D eigenvalue weighted by molar-refractivity contribution is -0.117. The Morgan fingerprint density at radius 1 is 1.00 bits per heavy atom. The fraction of sp³-hybridized carbons (Fsp3) is 0.417. The molecule has 3 rings (SSSR count). The summed E-state index contributed by atoms with van der Waals surface area (Å²) in [4.78, 5) is 29.5. The van der Waals surface area contributed by atoms with Crippen LogP contribution in [0.4, 0.5) is 10.5 Å². The quantitative estimate of drug-likeness (QED) is 0.806. The van der Waals surface area contributed by atoms with Crippen LogP contribution in [-0.4, -0.2) is 53.1 Å². The number of nitrogens with one attached hydrogen (secondary N) is 1. The second kappa shape index (κ2) is 9.76. The highest BCUT2D eigenvalue weighted by atomic mass is 16.6. The molecule has 1 aliphatic rings. The number of anilines is 1. The van der Waals surface area contributed by atoms with Gasteiger partial charge in [-0.1, -0.05) is 48.5 Å². The van der Waals surface area contributed by atoms with E-state index in [4.69, 9.17) is 4.74 Å². The minimum atomic E-state index is -0.574. The molecule has 0 saturated carbocycles. The molecular formula is C24H31N3O3.